The van der Waals surface area contributed by atoms with E-state index in [1.807, 2.05) is 18.7 Å². The first-order valence-corrected chi connectivity index (χ1v) is 13.6. The second-order valence-electron chi connectivity index (χ2n) is 10.8. The fourth-order valence-corrected chi connectivity index (χ4v) is 5.32. The van der Waals surface area contributed by atoms with Crippen LogP contribution in [0.5, 0.6) is 0 Å². The van der Waals surface area contributed by atoms with E-state index in [-0.39, 0.29) is 62.9 Å². The van der Waals surface area contributed by atoms with Crippen LogP contribution in [0.4, 0.5) is 32.0 Å². The summed E-state index contributed by atoms with van der Waals surface area (Å²) in [6.45, 7) is 4.23. The van der Waals surface area contributed by atoms with E-state index in [4.69, 9.17) is 0 Å². The number of alkyl halides is 6. The van der Waals surface area contributed by atoms with Crippen LogP contribution in [0, 0.1) is 5.92 Å². The van der Waals surface area contributed by atoms with Crippen molar-refractivity contribution in [2.24, 2.45) is 5.92 Å². The van der Waals surface area contributed by atoms with Gasteiger partial charge >= 0.3 is 12.4 Å². The number of hydrogen-bond acceptors (Lipinski definition) is 4. The Balaban J connectivity index is 1.56. The van der Waals surface area contributed by atoms with Crippen molar-refractivity contribution in [2.45, 2.75) is 51.0 Å². The lowest BCUT2D eigenvalue weighted by Crippen LogP contribution is -2.57. The topological polar surface area (TPSA) is 73.0 Å². The van der Waals surface area contributed by atoms with Crippen LogP contribution in [-0.4, -0.2) is 65.9 Å². The Morgan fingerprint density at radius 3 is 2.05 bits per heavy atom. The molecule has 2 aromatic rings. The number of para-hydroxylation sites is 1. The summed E-state index contributed by atoms with van der Waals surface area (Å²) in [6, 6.07) is 9.81. The Bertz CT molecular complexity index is 1270. The van der Waals surface area contributed by atoms with Crippen LogP contribution < -0.4 is 10.2 Å². The highest BCUT2D eigenvalue weighted by Crippen LogP contribution is 2.41. The van der Waals surface area contributed by atoms with Crippen LogP contribution in [-0.2, 0) is 21.9 Å². The molecule has 3 amide bonds. The predicted octanol–water partition coefficient (Wildman–Crippen LogP) is 5.17. The molecule has 0 aliphatic carbocycles. The predicted molar refractivity (Wildman–Crippen MR) is 142 cm³/mol. The first-order valence-electron chi connectivity index (χ1n) is 13.6. The van der Waals surface area contributed by atoms with Gasteiger partial charge in [-0.2, -0.15) is 26.3 Å². The molecule has 2 aliphatic rings. The van der Waals surface area contributed by atoms with E-state index in [0.717, 1.165) is 6.42 Å². The van der Waals surface area contributed by atoms with E-state index < -0.39 is 40.5 Å². The van der Waals surface area contributed by atoms with Crippen LogP contribution in [0.1, 0.15) is 54.6 Å². The molecule has 1 unspecified atom stereocenters. The maximum Gasteiger partial charge on any atom is 0.416 e. The monoisotopic (exact) mass is 598 g/mol. The lowest BCUT2D eigenvalue weighted by molar-refractivity contribution is -0.143. The molecule has 1 spiro atoms. The Morgan fingerprint density at radius 1 is 0.952 bits per heavy atom. The number of halogens is 6. The highest BCUT2D eigenvalue weighted by molar-refractivity contribution is 5.98. The molecule has 2 aromatic carbocycles. The molecule has 13 heteroatoms. The largest absolute Gasteiger partial charge is 0.416 e. The van der Waals surface area contributed by atoms with E-state index in [1.165, 1.54) is 9.80 Å². The van der Waals surface area contributed by atoms with Gasteiger partial charge in [0.1, 0.15) is 12.1 Å². The third-order valence-corrected chi connectivity index (χ3v) is 7.97. The molecule has 0 saturated carbocycles. The summed E-state index contributed by atoms with van der Waals surface area (Å²) in [5.74, 6) is -1.36. The Hall–Kier alpha value is -3.77. The van der Waals surface area contributed by atoms with E-state index >= 15 is 0 Å². The van der Waals surface area contributed by atoms with Crippen molar-refractivity contribution in [3.8, 4) is 0 Å². The average molecular weight is 599 g/mol. The molecule has 2 aliphatic heterocycles. The maximum absolute atomic E-state index is 13.8. The zero-order chi connectivity index (χ0) is 30.9. The number of likely N-dealkylation sites (tertiary alicyclic amines) is 1. The summed E-state index contributed by atoms with van der Waals surface area (Å²) in [7, 11) is 0. The zero-order valence-corrected chi connectivity index (χ0v) is 23.2. The van der Waals surface area contributed by atoms with Crippen molar-refractivity contribution >= 4 is 23.4 Å². The van der Waals surface area contributed by atoms with Gasteiger partial charge in [0, 0.05) is 30.9 Å². The molecule has 1 atom stereocenters. The first-order chi connectivity index (χ1) is 19.7. The van der Waals surface area contributed by atoms with E-state index in [2.05, 4.69) is 5.32 Å². The van der Waals surface area contributed by atoms with Crippen molar-refractivity contribution in [1.29, 1.82) is 0 Å². The van der Waals surface area contributed by atoms with E-state index in [1.54, 1.807) is 30.3 Å². The van der Waals surface area contributed by atoms with Gasteiger partial charge in [-0.25, -0.2) is 0 Å². The van der Waals surface area contributed by atoms with Gasteiger partial charge in [0.15, 0.2) is 0 Å². The van der Waals surface area contributed by atoms with Crippen molar-refractivity contribution in [2.75, 3.05) is 37.7 Å². The fraction of sp³-hybridized carbons (Fsp3) is 0.483. The van der Waals surface area contributed by atoms with Crippen LogP contribution in [0.25, 0.3) is 0 Å². The van der Waals surface area contributed by atoms with E-state index in [9.17, 15) is 40.7 Å². The SMILES string of the molecule is CCC(C)CNC(=O)CN1CN(c2ccccc2)C2(CCN(C(=O)c3cc(C(F)(F)F)cc(C(F)(F)F)c3)CC2)C1=O. The summed E-state index contributed by atoms with van der Waals surface area (Å²) in [5, 5.41) is 2.83. The minimum absolute atomic E-state index is 0.0233. The second kappa shape index (κ2) is 11.8. The van der Waals surface area contributed by atoms with Gasteiger partial charge in [0.05, 0.1) is 17.8 Å². The molecule has 1 N–H and O–H groups in total. The maximum atomic E-state index is 13.8. The average Bonchev–Trinajstić information content (AvgIpc) is 3.21. The number of nitrogens with one attached hydrogen (secondary N) is 1. The molecule has 0 radical (unpaired) electrons. The summed E-state index contributed by atoms with van der Waals surface area (Å²) < 4.78 is 80.1. The number of amides is 3. The number of benzene rings is 2. The van der Waals surface area contributed by atoms with E-state index in [0.29, 0.717) is 24.4 Å². The molecule has 4 rings (SSSR count). The highest BCUT2D eigenvalue weighted by atomic mass is 19.4. The Labute approximate surface area is 239 Å². The molecular weight excluding hydrogens is 566 g/mol. The van der Waals surface area contributed by atoms with Gasteiger partial charge in [-0.05, 0) is 49.1 Å². The van der Waals surface area contributed by atoms with Gasteiger partial charge in [-0.15, -0.1) is 0 Å². The first kappa shape index (κ1) is 31.2. The zero-order valence-electron chi connectivity index (χ0n) is 23.2. The quantitative estimate of drug-likeness (QED) is 0.447. The number of nitrogens with zero attached hydrogens (tertiary/aromatic N) is 3. The van der Waals surface area contributed by atoms with Crippen molar-refractivity contribution in [3.05, 3.63) is 65.2 Å². The number of carbonyl (C=O) groups is 3. The standard InChI is InChI=1S/C29H32F6N4O3/c1-3-19(2)16-36-24(40)17-38-18-39(23-7-5-4-6-8-23)27(26(38)42)9-11-37(12-10-27)25(41)20-13-21(28(30,31)32)15-22(14-20)29(33,34)35/h4-8,13-15,19H,3,9-12,16-18H2,1-2H3,(H,36,40). The molecular formula is C29H32F6N4O3. The fourth-order valence-electron chi connectivity index (χ4n) is 5.32. The van der Waals surface area contributed by atoms with Gasteiger partial charge < -0.3 is 20.0 Å². The summed E-state index contributed by atoms with van der Waals surface area (Å²) in [5.41, 5.74) is -4.30. The Morgan fingerprint density at radius 2 is 1.52 bits per heavy atom. The minimum atomic E-state index is -5.08. The molecule has 228 valence electrons. The van der Waals surface area contributed by atoms with Crippen LogP contribution >= 0.6 is 0 Å². The van der Waals surface area contributed by atoms with Gasteiger partial charge in [0.2, 0.25) is 5.91 Å². The van der Waals surface area contributed by atoms with Crippen LogP contribution in [0.2, 0.25) is 0 Å². The number of rotatable bonds is 7. The van der Waals surface area contributed by atoms with Crippen LogP contribution in [0.3, 0.4) is 0 Å². The lowest BCUT2D eigenvalue weighted by Gasteiger charge is -2.43. The molecule has 2 heterocycles. The van der Waals surface area contributed by atoms with Gasteiger partial charge in [-0.1, -0.05) is 38.5 Å². The highest BCUT2D eigenvalue weighted by Gasteiger charge is 2.54. The van der Waals surface area contributed by atoms with Gasteiger partial charge in [0.25, 0.3) is 11.8 Å². The molecule has 42 heavy (non-hydrogen) atoms. The molecule has 2 saturated heterocycles. The Kier molecular flexibility index (Phi) is 8.79. The van der Waals surface area contributed by atoms with Crippen molar-refractivity contribution in [1.82, 2.24) is 15.1 Å². The molecule has 0 bridgehead atoms. The molecule has 2 fully saturated rings. The number of piperidine rings is 1. The number of hydrogen-bond donors (Lipinski definition) is 1. The second-order valence-corrected chi connectivity index (χ2v) is 10.8. The number of anilines is 1. The van der Waals surface area contributed by atoms with Crippen molar-refractivity contribution in [3.63, 3.8) is 0 Å². The smallest absolute Gasteiger partial charge is 0.354 e. The molecule has 7 nitrogen and oxygen atoms in total. The summed E-state index contributed by atoms with van der Waals surface area (Å²) in [4.78, 5) is 44.1. The molecule has 0 aromatic heterocycles. The summed E-state index contributed by atoms with van der Waals surface area (Å²) >= 11 is 0. The lowest BCUT2D eigenvalue weighted by atomic mass is 9.85. The third kappa shape index (κ3) is 6.49. The van der Waals surface area contributed by atoms with Crippen LogP contribution in [0.15, 0.2) is 48.5 Å². The normalized spacial score (nSPS) is 18.0. The number of carbonyl (C=O) groups excluding carboxylic acids is 3. The van der Waals surface area contributed by atoms with Gasteiger partial charge in [-0.3, -0.25) is 14.4 Å². The summed E-state index contributed by atoms with van der Waals surface area (Å²) in [6.07, 6.45) is -9.15. The van der Waals surface area contributed by atoms with Crippen molar-refractivity contribution < 1.29 is 40.7 Å². The minimum Gasteiger partial charge on any atom is -0.354 e. The third-order valence-electron chi connectivity index (χ3n) is 7.97.